The van der Waals surface area contributed by atoms with Crippen LogP contribution in [0.4, 0.5) is 0 Å². The van der Waals surface area contributed by atoms with Gasteiger partial charge in [-0.25, -0.2) is 0 Å². The summed E-state index contributed by atoms with van der Waals surface area (Å²) in [5.74, 6) is 0. The van der Waals surface area contributed by atoms with Crippen LogP contribution in [0.3, 0.4) is 0 Å². The largest absolute Gasteiger partial charge is 0.0946 e. The van der Waals surface area contributed by atoms with E-state index >= 15 is 0 Å². The Bertz CT molecular complexity index is 385. The van der Waals surface area contributed by atoms with E-state index in [1.807, 2.05) is 0 Å². The van der Waals surface area contributed by atoms with Crippen molar-refractivity contribution in [2.45, 2.75) is 51.9 Å². The van der Waals surface area contributed by atoms with Crippen molar-refractivity contribution >= 4 is 11.8 Å². The van der Waals surface area contributed by atoms with Crippen molar-refractivity contribution in [3.8, 4) is 0 Å². The van der Waals surface area contributed by atoms with Crippen LogP contribution in [0.2, 0.25) is 0 Å². The number of rotatable bonds is 2. The summed E-state index contributed by atoms with van der Waals surface area (Å²) in [5, 5.41) is 0. The van der Waals surface area contributed by atoms with Gasteiger partial charge in [-0.2, -0.15) is 0 Å². The Balaban J connectivity index is 2.80. The highest BCUT2D eigenvalue weighted by Crippen LogP contribution is 2.38. The van der Waals surface area contributed by atoms with Gasteiger partial charge in [0.25, 0.3) is 0 Å². The van der Waals surface area contributed by atoms with Gasteiger partial charge in [-0.15, -0.1) is 0 Å². The number of allylic oxidation sites excluding steroid dienone is 1. The highest BCUT2D eigenvalue weighted by molar-refractivity contribution is 8.03. The van der Waals surface area contributed by atoms with Crippen LogP contribution in [0, 0.1) is 5.41 Å². The van der Waals surface area contributed by atoms with Gasteiger partial charge in [0.15, 0.2) is 0 Å². The van der Waals surface area contributed by atoms with Crippen LogP contribution >= 0.6 is 11.8 Å². The molecule has 0 heterocycles. The second kappa shape index (κ2) is 4.89. The van der Waals surface area contributed by atoms with Crippen LogP contribution in [0.25, 0.3) is 0 Å². The summed E-state index contributed by atoms with van der Waals surface area (Å²) in [6, 6.07) is 8.83. The van der Waals surface area contributed by atoms with E-state index < -0.39 is 0 Å². The zero-order chi connectivity index (χ0) is 13.3. The van der Waals surface area contributed by atoms with E-state index in [2.05, 4.69) is 72.4 Å². The fourth-order valence-corrected chi connectivity index (χ4v) is 2.18. The molecular formula is C16H24S. The molecule has 0 radical (unpaired) electrons. The fraction of sp³-hybridized carbons (Fsp3) is 0.500. The molecule has 0 aliphatic heterocycles. The minimum absolute atomic E-state index is 0.160. The van der Waals surface area contributed by atoms with Crippen LogP contribution in [0.5, 0.6) is 0 Å². The average molecular weight is 248 g/mol. The van der Waals surface area contributed by atoms with Gasteiger partial charge < -0.3 is 0 Å². The van der Waals surface area contributed by atoms with Gasteiger partial charge in [-0.05, 0) is 33.4 Å². The van der Waals surface area contributed by atoms with Crippen LogP contribution in [-0.4, -0.2) is 0 Å². The topological polar surface area (TPSA) is 0 Å². The maximum Gasteiger partial charge on any atom is 0.0119 e. The van der Waals surface area contributed by atoms with Crippen LogP contribution in [0.1, 0.15) is 47.1 Å². The minimum atomic E-state index is 0.160. The summed E-state index contributed by atoms with van der Waals surface area (Å²) in [6.07, 6.45) is 0. The van der Waals surface area contributed by atoms with Gasteiger partial charge in [0, 0.05) is 4.90 Å². The zero-order valence-electron chi connectivity index (χ0n) is 11.9. The van der Waals surface area contributed by atoms with Gasteiger partial charge in [0.1, 0.15) is 0 Å². The Morgan fingerprint density at radius 1 is 0.941 bits per heavy atom. The molecule has 0 N–H and O–H groups in total. The van der Waals surface area contributed by atoms with E-state index in [0.29, 0.717) is 0 Å². The quantitative estimate of drug-likeness (QED) is 0.611. The minimum Gasteiger partial charge on any atom is -0.0946 e. The van der Waals surface area contributed by atoms with Gasteiger partial charge in [-0.1, -0.05) is 72.0 Å². The summed E-state index contributed by atoms with van der Waals surface area (Å²) in [5.41, 5.74) is 1.76. The lowest BCUT2D eigenvalue weighted by Crippen LogP contribution is -2.10. The molecule has 94 valence electrons. The van der Waals surface area contributed by atoms with E-state index in [1.54, 1.807) is 11.8 Å². The molecular weight excluding hydrogens is 224 g/mol. The second-order valence-electron chi connectivity index (χ2n) is 6.55. The van der Waals surface area contributed by atoms with E-state index in [9.17, 15) is 0 Å². The smallest absolute Gasteiger partial charge is 0.0119 e. The first-order valence-corrected chi connectivity index (χ1v) is 6.90. The van der Waals surface area contributed by atoms with Crippen molar-refractivity contribution in [2.75, 3.05) is 0 Å². The summed E-state index contributed by atoms with van der Waals surface area (Å²) >= 11 is 1.78. The molecule has 1 heteroatoms. The maximum absolute atomic E-state index is 4.16. The first-order chi connectivity index (χ1) is 7.60. The van der Waals surface area contributed by atoms with Crippen molar-refractivity contribution in [3.05, 3.63) is 41.3 Å². The molecule has 17 heavy (non-hydrogen) atoms. The second-order valence-corrected chi connectivity index (χ2v) is 7.72. The third-order valence-corrected chi connectivity index (χ3v) is 4.16. The van der Waals surface area contributed by atoms with E-state index in [4.69, 9.17) is 0 Å². The Morgan fingerprint density at radius 2 is 1.41 bits per heavy atom. The van der Waals surface area contributed by atoms with Crippen molar-refractivity contribution < 1.29 is 0 Å². The molecule has 1 aromatic carbocycles. The zero-order valence-corrected chi connectivity index (χ0v) is 12.7. The third kappa shape index (κ3) is 4.23. The van der Waals surface area contributed by atoms with Gasteiger partial charge in [0.05, 0.1) is 0 Å². The van der Waals surface area contributed by atoms with Crippen molar-refractivity contribution in [1.82, 2.24) is 0 Å². The Kier molecular flexibility index (Phi) is 4.14. The Hall–Kier alpha value is -0.690. The predicted octanol–water partition coefficient (Wildman–Crippen LogP) is 5.64. The molecule has 0 saturated carbocycles. The van der Waals surface area contributed by atoms with Gasteiger partial charge in [-0.3, -0.25) is 0 Å². The number of hydrogen-bond donors (Lipinski definition) is 0. The van der Waals surface area contributed by atoms with Crippen molar-refractivity contribution in [3.63, 3.8) is 0 Å². The molecule has 0 bridgehead atoms. The summed E-state index contributed by atoms with van der Waals surface area (Å²) in [6.45, 7) is 17.5. The number of thioether (sulfide) groups is 1. The molecule has 0 nitrogen and oxygen atoms in total. The predicted molar refractivity (Wildman–Crippen MR) is 79.6 cm³/mol. The van der Waals surface area contributed by atoms with E-state index in [-0.39, 0.29) is 10.8 Å². The van der Waals surface area contributed by atoms with Crippen LogP contribution in [-0.2, 0) is 5.41 Å². The lowest BCUT2D eigenvalue weighted by molar-refractivity contribution is 0.535. The van der Waals surface area contributed by atoms with Crippen molar-refractivity contribution in [1.29, 1.82) is 0 Å². The molecule has 1 aromatic rings. The monoisotopic (exact) mass is 248 g/mol. The van der Waals surface area contributed by atoms with Crippen LogP contribution < -0.4 is 0 Å². The average Bonchev–Trinajstić information content (AvgIpc) is 2.15. The molecule has 1 rings (SSSR count). The fourth-order valence-electron chi connectivity index (χ4n) is 1.32. The number of hydrogen-bond acceptors (Lipinski definition) is 1. The third-order valence-electron chi connectivity index (χ3n) is 2.80. The lowest BCUT2D eigenvalue weighted by atomic mass is 9.87. The summed E-state index contributed by atoms with van der Waals surface area (Å²) in [4.78, 5) is 2.49. The molecule has 0 saturated heterocycles. The first kappa shape index (κ1) is 14.4. The first-order valence-electron chi connectivity index (χ1n) is 6.08. The molecule has 0 atom stereocenters. The normalized spacial score (nSPS) is 12.6. The SMILES string of the molecule is C=C(Sc1ccc(C(C)(C)C)cc1)C(C)(C)C. The molecule has 0 unspecified atom stereocenters. The van der Waals surface area contributed by atoms with Gasteiger partial charge >= 0.3 is 0 Å². The molecule has 0 fully saturated rings. The number of benzene rings is 1. The van der Waals surface area contributed by atoms with Crippen LogP contribution in [0.15, 0.2) is 40.6 Å². The molecule has 0 amide bonds. The highest BCUT2D eigenvalue weighted by atomic mass is 32.2. The maximum atomic E-state index is 4.16. The molecule has 0 aliphatic rings. The standard InChI is InChI=1S/C16H24S/c1-12(15(2,3)4)17-14-10-8-13(9-11-14)16(5,6)7/h8-11H,1H2,2-7H3. The Morgan fingerprint density at radius 3 is 1.76 bits per heavy atom. The van der Waals surface area contributed by atoms with Crippen molar-refractivity contribution in [2.24, 2.45) is 5.41 Å². The highest BCUT2D eigenvalue weighted by Gasteiger charge is 2.17. The molecule has 0 spiro atoms. The molecule has 0 aromatic heterocycles. The van der Waals surface area contributed by atoms with E-state index in [1.165, 1.54) is 15.4 Å². The summed E-state index contributed by atoms with van der Waals surface area (Å²) in [7, 11) is 0. The van der Waals surface area contributed by atoms with E-state index in [0.717, 1.165) is 0 Å². The van der Waals surface area contributed by atoms with Gasteiger partial charge in [0.2, 0.25) is 0 Å². The Labute approximate surface area is 111 Å². The summed E-state index contributed by atoms with van der Waals surface area (Å²) < 4.78 is 0. The molecule has 0 aliphatic carbocycles. The lowest BCUT2D eigenvalue weighted by Gasteiger charge is -2.22.